The quantitative estimate of drug-likeness (QED) is 0.665. The van der Waals surface area contributed by atoms with Gasteiger partial charge in [-0.15, -0.1) is 0 Å². The molecule has 2 rings (SSSR count). The van der Waals surface area contributed by atoms with Crippen LogP contribution in [0.5, 0.6) is 0 Å². The SMILES string of the molecule is C[C@H]1C(=O)N(CC(=O)NCC(F)(F)F)C(=O)N1c1ccc(F)cc1. The first-order valence-electron chi connectivity index (χ1n) is 6.84. The number of hydrogen-bond acceptors (Lipinski definition) is 3. The molecule has 1 atom stereocenters. The van der Waals surface area contributed by atoms with Crippen LogP contribution in [0.15, 0.2) is 24.3 Å². The van der Waals surface area contributed by atoms with Crippen LogP contribution in [0.1, 0.15) is 6.92 Å². The van der Waals surface area contributed by atoms with Crippen molar-refractivity contribution < 1.29 is 31.9 Å². The van der Waals surface area contributed by atoms with Crippen LogP contribution in [0.25, 0.3) is 0 Å². The zero-order valence-corrected chi connectivity index (χ0v) is 12.4. The lowest BCUT2D eigenvalue weighted by Crippen LogP contribution is -2.43. The van der Waals surface area contributed by atoms with Crippen LogP contribution in [0.3, 0.4) is 0 Å². The minimum Gasteiger partial charge on any atom is -0.345 e. The number of imide groups is 1. The zero-order chi connectivity index (χ0) is 18.1. The molecule has 0 bridgehead atoms. The fourth-order valence-electron chi connectivity index (χ4n) is 2.21. The Hall–Kier alpha value is -2.65. The summed E-state index contributed by atoms with van der Waals surface area (Å²) in [5.74, 6) is -2.37. The number of nitrogens with one attached hydrogen (secondary N) is 1. The van der Waals surface area contributed by atoms with Crippen LogP contribution < -0.4 is 10.2 Å². The molecule has 1 aliphatic heterocycles. The summed E-state index contributed by atoms with van der Waals surface area (Å²) in [5, 5.41) is 1.59. The van der Waals surface area contributed by atoms with Crippen LogP contribution in [0.2, 0.25) is 0 Å². The van der Waals surface area contributed by atoms with Crippen molar-refractivity contribution in [3.05, 3.63) is 30.1 Å². The van der Waals surface area contributed by atoms with E-state index in [9.17, 15) is 31.9 Å². The second-order valence-electron chi connectivity index (χ2n) is 5.12. The molecule has 1 saturated heterocycles. The molecule has 6 nitrogen and oxygen atoms in total. The first-order valence-corrected chi connectivity index (χ1v) is 6.84. The zero-order valence-electron chi connectivity index (χ0n) is 12.4. The van der Waals surface area contributed by atoms with Crippen LogP contribution in [0.4, 0.5) is 28.0 Å². The first kappa shape index (κ1) is 17.7. The van der Waals surface area contributed by atoms with Gasteiger partial charge in [0.15, 0.2) is 0 Å². The lowest BCUT2D eigenvalue weighted by molar-refractivity contribution is -0.140. The molecule has 1 N–H and O–H groups in total. The maximum absolute atomic E-state index is 12.9. The number of rotatable bonds is 4. The fraction of sp³-hybridized carbons (Fsp3) is 0.357. The van der Waals surface area contributed by atoms with E-state index in [-0.39, 0.29) is 5.69 Å². The molecule has 0 spiro atoms. The van der Waals surface area contributed by atoms with Crippen molar-refractivity contribution in [2.24, 2.45) is 0 Å². The average Bonchev–Trinajstić information content (AvgIpc) is 2.70. The lowest BCUT2D eigenvalue weighted by atomic mass is 10.2. The third kappa shape index (κ3) is 3.81. The normalized spacial score (nSPS) is 18.3. The Morgan fingerprint density at radius 1 is 1.21 bits per heavy atom. The molecular formula is C14H13F4N3O3. The molecule has 1 heterocycles. The van der Waals surface area contributed by atoms with Gasteiger partial charge in [-0.3, -0.25) is 19.4 Å². The summed E-state index contributed by atoms with van der Waals surface area (Å²) >= 11 is 0. The number of urea groups is 1. The lowest BCUT2D eigenvalue weighted by Gasteiger charge is -2.19. The van der Waals surface area contributed by atoms with E-state index in [1.807, 2.05) is 0 Å². The number of nitrogens with zero attached hydrogens (tertiary/aromatic N) is 2. The Bertz CT molecular complexity index is 660. The molecule has 0 saturated carbocycles. The van der Waals surface area contributed by atoms with Gasteiger partial charge in [-0.2, -0.15) is 13.2 Å². The van der Waals surface area contributed by atoms with Gasteiger partial charge in [0.25, 0.3) is 5.91 Å². The molecule has 4 amide bonds. The number of alkyl halides is 3. The van der Waals surface area contributed by atoms with Crippen LogP contribution in [-0.2, 0) is 9.59 Å². The molecule has 0 aromatic heterocycles. The summed E-state index contributed by atoms with van der Waals surface area (Å²) in [5.41, 5.74) is 0.237. The Labute approximate surface area is 134 Å². The van der Waals surface area contributed by atoms with Gasteiger partial charge in [0.1, 0.15) is 24.9 Å². The van der Waals surface area contributed by atoms with Gasteiger partial charge in [-0.05, 0) is 31.2 Å². The number of carbonyl (C=O) groups excluding carboxylic acids is 3. The third-order valence-electron chi connectivity index (χ3n) is 3.34. The molecule has 1 fully saturated rings. The summed E-state index contributed by atoms with van der Waals surface area (Å²) in [6.45, 7) is -0.980. The summed E-state index contributed by atoms with van der Waals surface area (Å²) < 4.78 is 49.1. The summed E-state index contributed by atoms with van der Waals surface area (Å²) in [4.78, 5) is 37.5. The van der Waals surface area contributed by atoms with Crippen LogP contribution in [-0.4, -0.2) is 48.1 Å². The molecule has 1 aliphatic rings. The topological polar surface area (TPSA) is 69.7 Å². The number of amides is 4. The van der Waals surface area contributed by atoms with E-state index in [0.717, 1.165) is 17.0 Å². The number of anilines is 1. The molecule has 1 aromatic carbocycles. The second-order valence-corrected chi connectivity index (χ2v) is 5.12. The van der Waals surface area contributed by atoms with Gasteiger partial charge in [0.2, 0.25) is 5.91 Å². The van der Waals surface area contributed by atoms with Crippen molar-refractivity contribution >= 4 is 23.5 Å². The highest BCUT2D eigenvalue weighted by atomic mass is 19.4. The number of carbonyl (C=O) groups is 3. The highest BCUT2D eigenvalue weighted by Gasteiger charge is 2.44. The van der Waals surface area contributed by atoms with E-state index < -0.39 is 49.0 Å². The Balaban J connectivity index is 2.10. The number of halogens is 4. The standard InChI is InChI=1S/C14H13F4N3O3/c1-8-12(23)20(6-11(22)19-7-14(16,17)18)13(24)21(8)10-4-2-9(15)3-5-10/h2-5,8H,6-7H2,1H3,(H,19,22)/t8-/m0/s1. The summed E-state index contributed by atoms with van der Waals surface area (Å²) in [6.07, 6.45) is -4.60. The minimum atomic E-state index is -4.60. The molecule has 24 heavy (non-hydrogen) atoms. The van der Waals surface area contributed by atoms with Crippen molar-refractivity contribution in [1.82, 2.24) is 10.2 Å². The van der Waals surface area contributed by atoms with Gasteiger partial charge < -0.3 is 5.32 Å². The number of hydrogen-bond donors (Lipinski definition) is 1. The maximum Gasteiger partial charge on any atom is 0.405 e. The highest BCUT2D eigenvalue weighted by molar-refractivity contribution is 6.15. The molecule has 1 aromatic rings. The van der Waals surface area contributed by atoms with Gasteiger partial charge in [0, 0.05) is 5.69 Å². The van der Waals surface area contributed by atoms with Crippen LogP contribution in [0, 0.1) is 5.82 Å². The maximum atomic E-state index is 12.9. The van der Waals surface area contributed by atoms with E-state index in [1.165, 1.54) is 19.1 Å². The van der Waals surface area contributed by atoms with E-state index in [1.54, 1.807) is 5.32 Å². The largest absolute Gasteiger partial charge is 0.405 e. The Morgan fingerprint density at radius 3 is 2.33 bits per heavy atom. The number of benzene rings is 1. The summed E-state index contributed by atoms with van der Waals surface area (Å²) in [7, 11) is 0. The van der Waals surface area contributed by atoms with Crippen molar-refractivity contribution in [3.8, 4) is 0 Å². The minimum absolute atomic E-state index is 0.237. The fourth-order valence-corrected chi connectivity index (χ4v) is 2.21. The van der Waals surface area contributed by atoms with Crippen LogP contribution >= 0.6 is 0 Å². The molecular weight excluding hydrogens is 334 g/mol. The molecule has 0 radical (unpaired) electrons. The Morgan fingerprint density at radius 2 is 1.79 bits per heavy atom. The van der Waals surface area contributed by atoms with Gasteiger partial charge in [-0.25, -0.2) is 9.18 Å². The predicted octanol–water partition coefficient (Wildman–Crippen LogP) is 1.66. The van der Waals surface area contributed by atoms with E-state index in [0.29, 0.717) is 4.90 Å². The van der Waals surface area contributed by atoms with Gasteiger partial charge >= 0.3 is 12.2 Å². The van der Waals surface area contributed by atoms with E-state index in [2.05, 4.69) is 0 Å². The summed E-state index contributed by atoms with van der Waals surface area (Å²) in [6, 6.07) is 2.94. The molecule has 0 unspecified atom stereocenters. The molecule has 10 heteroatoms. The van der Waals surface area contributed by atoms with Crippen molar-refractivity contribution in [2.45, 2.75) is 19.1 Å². The average molecular weight is 347 g/mol. The monoisotopic (exact) mass is 347 g/mol. The van der Waals surface area contributed by atoms with Gasteiger partial charge in [0.05, 0.1) is 0 Å². The van der Waals surface area contributed by atoms with E-state index in [4.69, 9.17) is 0 Å². The third-order valence-corrected chi connectivity index (χ3v) is 3.34. The van der Waals surface area contributed by atoms with E-state index >= 15 is 0 Å². The predicted molar refractivity (Wildman–Crippen MR) is 74.5 cm³/mol. The van der Waals surface area contributed by atoms with Crippen molar-refractivity contribution in [3.63, 3.8) is 0 Å². The smallest absolute Gasteiger partial charge is 0.345 e. The van der Waals surface area contributed by atoms with Crippen molar-refractivity contribution in [1.29, 1.82) is 0 Å². The Kier molecular flexibility index (Phi) is 4.76. The first-order chi connectivity index (χ1) is 11.1. The molecule has 0 aliphatic carbocycles. The molecule has 130 valence electrons. The van der Waals surface area contributed by atoms with Crippen molar-refractivity contribution in [2.75, 3.05) is 18.0 Å². The van der Waals surface area contributed by atoms with Gasteiger partial charge in [-0.1, -0.05) is 0 Å². The highest BCUT2D eigenvalue weighted by Crippen LogP contribution is 2.25. The second kappa shape index (κ2) is 6.46.